The van der Waals surface area contributed by atoms with Gasteiger partial charge in [-0.25, -0.2) is 0 Å². The lowest BCUT2D eigenvalue weighted by Gasteiger charge is -2.49. The molecule has 1 saturated heterocycles. The molecule has 1 saturated carbocycles. The van der Waals surface area contributed by atoms with E-state index in [2.05, 4.69) is 39.2 Å². The Hall–Kier alpha value is -0.433. The van der Waals surface area contributed by atoms with Gasteiger partial charge in [0.1, 0.15) is 0 Å². The molecule has 128 valence electrons. The van der Waals surface area contributed by atoms with Crippen LogP contribution >= 0.6 is 0 Å². The number of hydrogen-bond acceptors (Lipinski definition) is 5. The highest BCUT2D eigenvalue weighted by Crippen LogP contribution is 2.40. The predicted molar refractivity (Wildman–Crippen MR) is 90.0 cm³/mol. The fraction of sp³-hybridized carbons (Fsp3) is 0.938. The average Bonchev–Trinajstić information content (AvgIpc) is 2.37. The molecule has 1 aliphatic heterocycles. The largest absolute Gasteiger partial charge is 0.412 e. The maximum Gasteiger partial charge on any atom is 0.322 e. The molecular weight excluding hydrogens is 296 g/mol. The summed E-state index contributed by atoms with van der Waals surface area (Å²) < 4.78 is 6.68. The van der Waals surface area contributed by atoms with Gasteiger partial charge in [0, 0.05) is 20.0 Å². The molecule has 2 fully saturated rings. The summed E-state index contributed by atoms with van der Waals surface area (Å²) in [6.07, 6.45) is 3.49. The Bertz CT molecular complexity index is 409. The number of rotatable bonds is 3. The van der Waals surface area contributed by atoms with Crippen molar-refractivity contribution in [3.05, 3.63) is 0 Å². The molecule has 1 aliphatic carbocycles. The molecule has 0 spiro atoms. The SMILES string of the molecule is CC(=O)ON1CCN[C@@H]2[C@H](O[Si](C)(C)C(C)(C)C)CCC[C@@H]21. The summed E-state index contributed by atoms with van der Waals surface area (Å²) in [5.41, 5.74) is 0. The molecule has 3 atom stereocenters. The van der Waals surface area contributed by atoms with E-state index in [1.54, 1.807) is 0 Å². The molecular formula is C16H32N2O3Si. The van der Waals surface area contributed by atoms with Crippen molar-refractivity contribution in [3.8, 4) is 0 Å². The molecule has 5 nitrogen and oxygen atoms in total. The van der Waals surface area contributed by atoms with Crippen LogP contribution in [-0.4, -0.2) is 50.6 Å². The van der Waals surface area contributed by atoms with Crippen LogP contribution in [0.4, 0.5) is 0 Å². The van der Waals surface area contributed by atoms with Crippen molar-refractivity contribution in [2.24, 2.45) is 0 Å². The summed E-state index contributed by atoms with van der Waals surface area (Å²) in [5, 5.41) is 5.70. The second kappa shape index (κ2) is 6.59. The third-order valence-corrected chi connectivity index (χ3v) is 9.89. The Kier molecular flexibility index (Phi) is 5.37. The molecule has 0 aromatic heterocycles. The van der Waals surface area contributed by atoms with Crippen LogP contribution in [0.2, 0.25) is 18.1 Å². The Labute approximate surface area is 135 Å². The molecule has 0 radical (unpaired) electrons. The summed E-state index contributed by atoms with van der Waals surface area (Å²) in [6, 6.07) is 0.497. The number of carbonyl (C=O) groups excluding carboxylic acids is 1. The molecule has 2 rings (SSSR count). The lowest BCUT2D eigenvalue weighted by molar-refractivity contribution is -0.215. The van der Waals surface area contributed by atoms with Gasteiger partial charge in [0.05, 0.1) is 18.2 Å². The summed E-state index contributed by atoms with van der Waals surface area (Å²) >= 11 is 0. The van der Waals surface area contributed by atoms with Crippen molar-refractivity contribution < 1.29 is 14.1 Å². The van der Waals surface area contributed by atoms with E-state index in [4.69, 9.17) is 9.26 Å². The first-order valence-electron chi connectivity index (χ1n) is 8.48. The van der Waals surface area contributed by atoms with E-state index in [-0.39, 0.29) is 29.2 Å². The maximum absolute atomic E-state index is 11.3. The van der Waals surface area contributed by atoms with Gasteiger partial charge < -0.3 is 14.6 Å². The van der Waals surface area contributed by atoms with Crippen LogP contribution in [0, 0.1) is 0 Å². The molecule has 2 aliphatic rings. The smallest absolute Gasteiger partial charge is 0.322 e. The van der Waals surface area contributed by atoms with Crippen LogP contribution in [0.25, 0.3) is 0 Å². The van der Waals surface area contributed by atoms with Gasteiger partial charge in [-0.15, -0.1) is 5.06 Å². The molecule has 0 aromatic carbocycles. The van der Waals surface area contributed by atoms with Crippen molar-refractivity contribution in [2.75, 3.05) is 13.1 Å². The van der Waals surface area contributed by atoms with Crippen LogP contribution in [0.1, 0.15) is 47.0 Å². The van der Waals surface area contributed by atoms with Gasteiger partial charge in [-0.3, -0.25) is 4.79 Å². The van der Waals surface area contributed by atoms with Gasteiger partial charge in [0.15, 0.2) is 8.32 Å². The molecule has 1 N–H and O–H groups in total. The second-order valence-electron chi connectivity index (χ2n) is 8.12. The standard InChI is InChI=1S/C16H32N2O3Si/c1-12(19)20-18-11-10-17-15-13(18)8-7-9-14(15)21-22(5,6)16(2,3)4/h13-15,17H,7-11H2,1-6H3/t13-,14+,15-/m0/s1. The Morgan fingerprint density at radius 2 is 1.95 bits per heavy atom. The molecule has 0 amide bonds. The minimum absolute atomic E-state index is 0.212. The van der Waals surface area contributed by atoms with E-state index in [1.165, 1.54) is 6.92 Å². The maximum atomic E-state index is 11.3. The second-order valence-corrected chi connectivity index (χ2v) is 12.9. The van der Waals surface area contributed by atoms with Gasteiger partial charge in [-0.1, -0.05) is 20.8 Å². The topological polar surface area (TPSA) is 50.8 Å². The number of fused-ring (bicyclic) bond motifs is 1. The van der Waals surface area contributed by atoms with Gasteiger partial charge in [-0.05, 0) is 37.4 Å². The molecule has 0 aromatic rings. The van der Waals surface area contributed by atoms with E-state index in [0.717, 1.165) is 32.4 Å². The first-order chi connectivity index (χ1) is 10.1. The summed E-state index contributed by atoms with van der Waals surface area (Å²) in [6.45, 7) is 14.5. The van der Waals surface area contributed by atoms with E-state index in [0.29, 0.717) is 0 Å². The zero-order chi connectivity index (χ0) is 16.5. The minimum Gasteiger partial charge on any atom is -0.412 e. The van der Waals surface area contributed by atoms with Gasteiger partial charge >= 0.3 is 5.97 Å². The zero-order valence-corrected chi connectivity index (χ0v) is 15.9. The predicted octanol–water partition coefficient (Wildman–Crippen LogP) is 2.68. The Morgan fingerprint density at radius 1 is 1.27 bits per heavy atom. The van der Waals surface area contributed by atoms with Crippen LogP contribution in [0.15, 0.2) is 0 Å². The lowest BCUT2D eigenvalue weighted by atomic mass is 9.86. The highest BCUT2D eigenvalue weighted by molar-refractivity contribution is 6.74. The monoisotopic (exact) mass is 328 g/mol. The van der Waals surface area contributed by atoms with Gasteiger partial charge in [-0.2, -0.15) is 0 Å². The van der Waals surface area contributed by atoms with Crippen LogP contribution in [0.3, 0.4) is 0 Å². The number of nitrogens with one attached hydrogen (secondary N) is 1. The van der Waals surface area contributed by atoms with E-state index >= 15 is 0 Å². The van der Waals surface area contributed by atoms with E-state index < -0.39 is 8.32 Å². The average molecular weight is 329 g/mol. The number of piperazine rings is 1. The van der Waals surface area contributed by atoms with Crippen LogP contribution < -0.4 is 5.32 Å². The van der Waals surface area contributed by atoms with Crippen molar-refractivity contribution in [1.29, 1.82) is 0 Å². The fourth-order valence-corrected chi connectivity index (χ4v) is 4.57. The molecule has 1 heterocycles. The summed E-state index contributed by atoms with van der Waals surface area (Å²) in [7, 11) is -1.79. The fourth-order valence-electron chi connectivity index (χ4n) is 3.20. The lowest BCUT2D eigenvalue weighted by Crippen LogP contribution is -2.65. The van der Waals surface area contributed by atoms with Crippen molar-refractivity contribution >= 4 is 14.3 Å². The van der Waals surface area contributed by atoms with Crippen molar-refractivity contribution in [1.82, 2.24) is 10.4 Å². The first kappa shape index (κ1) is 17.9. The highest BCUT2D eigenvalue weighted by atomic mass is 28.4. The van der Waals surface area contributed by atoms with E-state index in [1.807, 2.05) is 5.06 Å². The Balaban J connectivity index is 2.09. The first-order valence-corrected chi connectivity index (χ1v) is 11.4. The van der Waals surface area contributed by atoms with Crippen molar-refractivity contribution in [3.63, 3.8) is 0 Å². The number of hydrogen-bond donors (Lipinski definition) is 1. The van der Waals surface area contributed by atoms with Crippen molar-refractivity contribution in [2.45, 2.75) is 83.3 Å². The molecule has 6 heteroatoms. The normalized spacial score (nSPS) is 30.7. The molecule has 0 bridgehead atoms. The van der Waals surface area contributed by atoms with Crippen LogP contribution in [0.5, 0.6) is 0 Å². The Morgan fingerprint density at radius 3 is 2.55 bits per heavy atom. The van der Waals surface area contributed by atoms with Crippen LogP contribution in [-0.2, 0) is 14.1 Å². The number of carbonyl (C=O) groups is 1. The number of nitrogens with zero attached hydrogens (tertiary/aromatic N) is 1. The van der Waals surface area contributed by atoms with Gasteiger partial charge in [0.2, 0.25) is 0 Å². The highest BCUT2D eigenvalue weighted by Gasteiger charge is 2.46. The molecule has 0 unspecified atom stereocenters. The zero-order valence-electron chi connectivity index (χ0n) is 14.9. The minimum atomic E-state index is -1.79. The third kappa shape index (κ3) is 3.90. The van der Waals surface area contributed by atoms with E-state index in [9.17, 15) is 4.79 Å². The summed E-state index contributed by atoms with van der Waals surface area (Å²) in [4.78, 5) is 16.7. The number of hydroxylamine groups is 2. The molecule has 22 heavy (non-hydrogen) atoms. The summed E-state index contributed by atoms with van der Waals surface area (Å²) in [5.74, 6) is -0.229. The quantitative estimate of drug-likeness (QED) is 0.807. The third-order valence-electron chi connectivity index (χ3n) is 5.38. The van der Waals surface area contributed by atoms with Gasteiger partial charge in [0.25, 0.3) is 0 Å².